The van der Waals surface area contributed by atoms with Crippen LogP contribution in [0.1, 0.15) is 29.5 Å². The monoisotopic (exact) mass is 348 g/mol. The summed E-state index contributed by atoms with van der Waals surface area (Å²) in [6, 6.07) is 18.5. The number of rotatable bonds is 4. The average Bonchev–Trinajstić information content (AvgIpc) is 2.65. The van der Waals surface area contributed by atoms with Gasteiger partial charge in [0.05, 0.1) is 13.1 Å². The van der Waals surface area contributed by atoms with Gasteiger partial charge in [0, 0.05) is 17.0 Å². The summed E-state index contributed by atoms with van der Waals surface area (Å²) in [5, 5.41) is 1.09. The molecule has 0 amide bonds. The normalized spacial score (nSPS) is 20.3. The van der Waals surface area contributed by atoms with E-state index in [0.717, 1.165) is 23.4 Å². The number of benzene rings is 2. The molecule has 1 aromatic heterocycles. The molecular formula is C23H26NO2+. The van der Waals surface area contributed by atoms with Gasteiger partial charge in [-0.2, -0.15) is 0 Å². The average molecular weight is 348 g/mol. The Kier molecular flexibility index (Phi) is 4.89. The van der Waals surface area contributed by atoms with E-state index in [9.17, 15) is 4.79 Å². The highest BCUT2D eigenvalue weighted by molar-refractivity contribution is 5.80. The molecule has 2 heterocycles. The Balaban J connectivity index is 1.44. The van der Waals surface area contributed by atoms with Crippen molar-refractivity contribution in [2.45, 2.75) is 32.7 Å². The Morgan fingerprint density at radius 2 is 1.81 bits per heavy atom. The molecule has 0 radical (unpaired) electrons. The van der Waals surface area contributed by atoms with Crippen LogP contribution in [0.3, 0.4) is 0 Å². The van der Waals surface area contributed by atoms with E-state index in [1.165, 1.54) is 43.5 Å². The summed E-state index contributed by atoms with van der Waals surface area (Å²) in [7, 11) is 0. The Bertz CT molecular complexity index is 937. The highest BCUT2D eigenvalue weighted by Crippen LogP contribution is 2.19. The zero-order chi connectivity index (χ0) is 17.9. The summed E-state index contributed by atoms with van der Waals surface area (Å²) < 4.78 is 5.37. The Hall–Kier alpha value is -2.39. The number of hydrogen-bond donors (Lipinski definition) is 1. The van der Waals surface area contributed by atoms with Crippen LogP contribution in [-0.2, 0) is 13.0 Å². The van der Waals surface area contributed by atoms with E-state index < -0.39 is 0 Å². The molecule has 0 bridgehead atoms. The number of hydrogen-bond acceptors (Lipinski definition) is 2. The standard InChI is InChI=1S/C23H25NO2/c1-17-7-8-22-21(13-17)20(15-23(25)26-22)16-24-11-9-19(10-12-24)14-18-5-3-2-4-6-18/h2-8,13,15,19H,9-12,14,16H2,1H3/p+1. The van der Waals surface area contributed by atoms with Gasteiger partial charge in [0.1, 0.15) is 12.1 Å². The van der Waals surface area contributed by atoms with E-state index in [4.69, 9.17) is 4.42 Å². The molecule has 2 aromatic carbocycles. The zero-order valence-corrected chi connectivity index (χ0v) is 15.3. The van der Waals surface area contributed by atoms with Crippen LogP contribution in [-0.4, -0.2) is 13.1 Å². The summed E-state index contributed by atoms with van der Waals surface area (Å²) >= 11 is 0. The van der Waals surface area contributed by atoms with E-state index in [0.29, 0.717) is 5.58 Å². The first-order chi connectivity index (χ1) is 12.7. The maximum absolute atomic E-state index is 11.9. The highest BCUT2D eigenvalue weighted by Gasteiger charge is 2.23. The molecule has 1 saturated heterocycles. The van der Waals surface area contributed by atoms with Crippen LogP contribution in [0.5, 0.6) is 0 Å². The fourth-order valence-electron chi connectivity index (χ4n) is 4.17. The number of nitrogens with one attached hydrogen (secondary N) is 1. The molecule has 26 heavy (non-hydrogen) atoms. The van der Waals surface area contributed by atoms with Crippen LogP contribution in [0, 0.1) is 12.8 Å². The topological polar surface area (TPSA) is 34.6 Å². The molecular weight excluding hydrogens is 322 g/mol. The smallest absolute Gasteiger partial charge is 0.336 e. The predicted octanol–water partition coefficient (Wildman–Crippen LogP) is 3.14. The van der Waals surface area contributed by atoms with Crippen molar-refractivity contribution in [1.29, 1.82) is 0 Å². The minimum Gasteiger partial charge on any atom is -0.423 e. The number of fused-ring (bicyclic) bond motifs is 1. The minimum atomic E-state index is -0.241. The fraction of sp³-hybridized carbons (Fsp3) is 0.348. The van der Waals surface area contributed by atoms with Crippen LogP contribution < -0.4 is 10.5 Å². The molecule has 0 aliphatic carbocycles. The van der Waals surface area contributed by atoms with Gasteiger partial charge in [0.2, 0.25) is 0 Å². The lowest BCUT2D eigenvalue weighted by atomic mass is 9.90. The third kappa shape index (κ3) is 3.88. The van der Waals surface area contributed by atoms with Crippen LogP contribution in [0.15, 0.2) is 63.8 Å². The second-order valence-electron chi connectivity index (χ2n) is 7.65. The molecule has 3 nitrogen and oxygen atoms in total. The number of likely N-dealkylation sites (tertiary alicyclic amines) is 1. The van der Waals surface area contributed by atoms with Gasteiger partial charge in [0.15, 0.2) is 0 Å². The second kappa shape index (κ2) is 7.46. The molecule has 0 unspecified atom stereocenters. The van der Waals surface area contributed by atoms with Gasteiger partial charge in [-0.05, 0) is 49.8 Å². The predicted molar refractivity (Wildman–Crippen MR) is 104 cm³/mol. The van der Waals surface area contributed by atoms with Crippen molar-refractivity contribution in [2.75, 3.05) is 13.1 Å². The van der Waals surface area contributed by atoms with E-state index in [1.54, 1.807) is 11.0 Å². The highest BCUT2D eigenvalue weighted by atomic mass is 16.4. The quantitative estimate of drug-likeness (QED) is 0.735. The summed E-state index contributed by atoms with van der Waals surface area (Å²) in [6.07, 6.45) is 3.69. The molecule has 0 spiro atoms. The van der Waals surface area contributed by atoms with Gasteiger partial charge in [0.25, 0.3) is 0 Å². The maximum atomic E-state index is 11.9. The molecule has 3 aromatic rings. The van der Waals surface area contributed by atoms with Crippen molar-refractivity contribution in [3.63, 3.8) is 0 Å². The lowest BCUT2D eigenvalue weighted by Gasteiger charge is -2.29. The Morgan fingerprint density at radius 1 is 1.04 bits per heavy atom. The van der Waals surface area contributed by atoms with Gasteiger partial charge < -0.3 is 9.32 Å². The summed E-state index contributed by atoms with van der Waals surface area (Å²) in [5.41, 5.74) is 4.23. The summed E-state index contributed by atoms with van der Waals surface area (Å²) in [4.78, 5) is 13.5. The van der Waals surface area contributed by atoms with E-state index in [2.05, 4.69) is 43.3 Å². The second-order valence-corrected chi connectivity index (χ2v) is 7.65. The van der Waals surface area contributed by atoms with E-state index in [-0.39, 0.29) is 5.63 Å². The maximum Gasteiger partial charge on any atom is 0.336 e. The molecule has 0 atom stereocenters. The van der Waals surface area contributed by atoms with Crippen molar-refractivity contribution < 1.29 is 9.32 Å². The molecule has 4 rings (SSSR count). The molecule has 1 N–H and O–H groups in total. The third-order valence-electron chi connectivity index (χ3n) is 5.60. The largest absolute Gasteiger partial charge is 0.423 e. The molecule has 1 aliphatic rings. The number of quaternary nitrogens is 1. The van der Waals surface area contributed by atoms with Crippen LogP contribution in [0.2, 0.25) is 0 Å². The van der Waals surface area contributed by atoms with Gasteiger partial charge in [-0.25, -0.2) is 4.79 Å². The van der Waals surface area contributed by atoms with Crippen molar-refractivity contribution in [1.82, 2.24) is 0 Å². The lowest BCUT2D eigenvalue weighted by Crippen LogP contribution is -3.11. The summed E-state index contributed by atoms with van der Waals surface area (Å²) in [5.74, 6) is 0.779. The number of aryl methyl sites for hydroxylation is 1. The SMILES string of the molecule is Cc1ccc2oc(=O)cc(C[NH+]3CCC(Cc4ccccc4)CC3)c2c1. The van der Waals surface area contributed by atoms with Crippen molar-refractivity contribution >= 4 is 11.0 Å². The van der Waals surface area contributed by atoms with Gasteiger partial charge in [-0.15, -0.1) is 0 Å². The lowest BCUT2D eigenvalue weighted by molar-refractivity contribution is -0.919. The van der Waals surface area contributed by atoms with Gasteiger partial charge >= 0.3 is 5.63 Å². The molecule has 0 saturated carbocycles. The van der Waals surface area contributed by atoms with E-state index in [1.807, 2.05) is 12.1 Å². The number of piperidine rings is 1. The minimum absolute atomic E-state index is 0.241. The van der Waals surface area contributed by atoms with Crippen LogP contribution in [0.25, 0.3) is 11.0 Å². The van der Waals surface area contributed by atoms with Crippen LogP contribution >= 0.6 is 0 Å². The first-order valence-electron chi connectivity index (χ1n) is 9.58. The first kappa shape index (κ1) is 17.0. The van der Waals surface area contributed by atoms with E-state index >= 15 is 0 Å². The van der Waals surface area contributed by atoms with Gasteiger partial charge in [-0.3, -0.25) is 0 Å². The van der Waals surface area contributed by atoms with Crippen molar-refractivity contribution in [3.05, 3.63) is 81.7 Å². The molecule has 134 valence electrons. The first-order valence-corrected chi connectivity index (χ1v) is 9.58. The van der Waals surface area contributed by atoms with Crippen LogP contribution in [0.4, 0.5) is 0 Å². The zero-order valence-electron chi connectivity index (χ0n) is 15.3. The Morgan fingerprint density at radius 3 is 2.58 bits per heavy atom. The molecule has 1 aliphatic heterocycles. The molecule has 3 heteroatoms. The van der Waals surface area contributed by atoms with Crippen molar-refractivity contribution in [2.24, 2.45) is 5.92 Å². The Labute approximate surface area is 154 Å². The van der Waals surface area contributed by atoms with Crippen molar-refractivity contribution in [3.8, 4) is 0 Å². The summed E-state index contributed by atoms with van der Waals surface area (Å²) in [6.45, 7) is 5.33. The van der Waals surface area contributed by atoms with Gasteiger partial charge in [-0.1, -0.05) is 42.0 Å². The third-order valence-corrected chi connectivity index (χ3v) is 5.60. The fourth-order valence-corrected chi connectivity index (χ4v) is 4.17. The molecule has 1 fully saturated rings.